The van der Waals surface area contributed by atoms with Crippen molar-refractivity contribution in [1.29, 1.82) is 0 Å². The fourth-order valence-electron chi connectivity index (χ4n) is 4.28. The topological polar surface area (TPSA) is 34.1 Å². The maximum absolute atomic E-state index is 14.1. The number of allylic oxidation sites excluding steroid dienone is 1. The van der Waals surface area contributed by atoms with Gasteiger partial charge in [0.25, 0.3) is 0 Å². The zero-order valence-corrected chi connectivity index (χ0v) is 18.4. The molecule has 3 aromatic rings. The molecule has 158 valence electrons. The van der Waals surface area contributed by atoms with Crippen LogP contribution in [0.4, 0.5) is 10.1 Å². The number of pyridine rings is 1. The standard InChI is InChI=1S/C27H27FN2O/c1-6-18-12-19(9-10-23(18)28)21-13-22-25(16(2)3)17(4)26(20-8-7-11-29-15-20)30-27(22)24(14-21)31-5/h7-15,26,30H,4,6H2,1-3,5H3. The van der Waals surface area contributed by atoms with Gasteiger partial charge >= 0.3 is 0 Å². The number of benzene rings is 2. The van der Waals surface area contributed by atoms with Crippen LogP contribution < -0.4 is 10.1 Å². The Bertz CT molecular complexity index is 1180. The Kier molecular flexibility index (Phi) is 5.64. The lowest BCUT2D eigenvalue weighted by atomic mass is 9.82. The summed E-state index contributed by atoms with van der Waals surface area (Å²) < 4.78 is 19.9. The van der Waals surface area contributed by atoms with Crippen LogP contribution >= 0.6 is 0 Å². The van der Waals surface area contributed by atoms with Gasteiger partial charge in [0.15, 0.2) is 0 Å². The highest BCUT2D eigenvalue weighted by atomic mass is 19.1. The molecule has 1 unspecified atom stereocenters. The third-order valence-electron chi connectivity index (χ3n) is 5.83. The molecule has 0 saturated carbocycles. The molecule has 0 spiro atoms. The summed E-state index contributed by atoms with van der Waals surface area (Å²) in [7, 11) is 1.67. The van der Waals surface area contributed by atoms with Gasteiger partial charge in [-0.25, -0.2) is 4.39 Å². The number of ether oxygens (including phenoxy) is 1. The Balaban J connectivity index is 1.91. The summed E-state index contributed by atoms with van der Waals surface area (Å²) in [6.45, 7) is 10.6. The van der Waals surface area contributed by atoms with Gasteiger partial charge in [-0.05, 0) is 84.0 Å². The first-order valence-electron chi connectivity index (χ1n) is 10.5. The minimum atomic E-state index is -0.171. The van der Waals surface area contributed by atoms with Crippen molar-refractivity contribution >= 4 is 11.3 Å². The predicted octanol–water partition coefficient (Wildman–Crippen LogP) is 6.98. The molecule has 2 aromatic carbocycles. The van der Waals surface area contributed by atoms with Crippen LogP contribution in [0.15, 0.2) is 72.6 Å². The van der Waals surface area contributed by atoms with Crippen LogP contribution in [0.1, 0.15) is 43.5 Å². The second-order valence-electron chi connectivity index (χ2n) is 8.02. The number of anilines is 1. The minimum absolute atomic E-state index is 0.0941. The summed E-state index contributed by atoms with van der Waals surface area (Å²) in [6.07, 6.45) is 4.28. The normalized spacial score (nSPS) is 15.3. The fraction of sp³-hybridized carbons (Fsp3) is 0.222. The first-order chi connectivity index (χ1) is 14.9. The van der Waals surface area contributed by atoms with Gasteiger partial charge in [-0.2, -0.15) is 0 Å². The molecule has 0 saturated heterocycles. The van der Waals surface area contributed by atoms with Crippen molar-refractivity contribution in [2.24, 2.45) is 0 Å². The van der Waals surface area contributed by atoms with Crippen molar-refractivity contribution in [3.63, 3.8) is 0 Å². The Morgan fingerprint density at radius 1 is 1.16 bits per heavy atom. The molecular formula is C27H27FN2O. The number of halogens is 1. The fourth-order valence-corrected chi connectivity index (χ4v) is 4.28. The van der Waals surface area contributed by atoms with Crippen molar-refractivity contribution < 1.29 is 9.13 Å². The van der Waals surface area contributed by atoms with Crippen molar-refractivity contribution in [3.05, 3.63) is 95.1 Å². The van der Waals surface area contributed by atoms with Gasteiger partial charge in [-0.15, -0.1) is 0 Å². The molecule has 0 amide bonds. The minimum Gasteiger partial charge on any atom is -0.495 e. The zero-order chi connectivity index (χ0) is 22.1. The van der Waals surface area contributed by atoms with E-state index in [2.05, 4.69) is 42.9 Å². The number of aryl methyl sites for hydroxylation is 1. The summed E-state index contributed by atoms with van der Waals surface area (Å²) >= 11 is 0. The second-order valence-corrected chi connectivity index (χ2v) is 8.02. The first kappa shape index (κ1) is 20.9. The van der Waals surface area contributed by atoms with Crippen LogP contribution in [0.3, 0.4) is 0 Å². The van der Waals surface area contributed by atoms with E-state index in [0.29, 0.717) is 12.0 Å². The Labute approximate surface area is 183 Å². The molecule has 1 aliphatic rings. The summed E-state index contributed by atoms with van der Waals surface area (Å²) in [5.74, 6) is 0.575. The molecular weight excluding hydrogens is 387 g/mol. The maximum Gasteiger partial charge on any atom is 0.143 e. The quantitative estimate of drug-likeness (QED) is 0.500. The van der Waals surface area contributed by atoms with E-state index in [9.17, 15) is 4.39 Å². The van der Waals surface area contributed by atoms with E-state index in [1.807, 2.05) is 37.4 Å². The van der Waals surface area contributed by atoms with E-state index >= 15 is 0 Å². The Morgan fingerprint density at radius 3 is 2.61 bits per heavy atom. The number of nitrogens with zero attached hydrogens (tertiary/aromatic N) is 1. The summed E-state index contributed by atoms with van der Waals surface area (Å²) in [5.41, 5.74) is 8.96. The highest BCUT2D eigenvalue weighted by Crippen LogP contribution is 2.49. The molecule has 0 bridgehead atoms. The van der Waals surface area contributed by atoms with Gasteiger partial charge in [0.05, 0.1) is 18.8 Å². The average molecular weight is 415 g/mol. The van der Waals surface area contributed by atoms with E-state index in [1.54, 1.807) is 13.3 Å². The molecule has 3 nitrogen and oxygen atoms in total. The van der Waals surface area contributed by atoms with Crippen LogP contribution in [-0.2, 0) is 6.42 Å². The number of hydrogen-bond donors (Lipinski definition) is 1. The SMILES string of the molecule is C=C1C(=C(C)C)c2cc(-c3ccc(F)c(CC)c3)cc(OC)c2NC1c1cccnc1. The van der Waals surface area contributed by atoms with Gasteiger partial charge < -0.3 is 10.1 Å². The number of nitrogens with one attached hydrogen (secondary N) is 1. The van der Waals surface area contributed by atoms with Gasteiger partial charge in [0, 0.05) is 18.0 Å². The number of aromatic nitrogens is 1. The van der Waals surface area contributed by atoms with Gasteiger partial charge in [-0.1, -0.05) is 31.2 Å². The number of hydrogen-bond acceptors (Lipinski definition) is 3. The van der Waals surface area contributed by atoms with Crippen LogP contribution in [0.5, 0.6) is 5.75 Å². The van der Waals surface area contributed by atoms with Gasteiger partial charge in [0.2, 0.25) is 0 Å². The first-order valence-corrected chi connectivity index (χ1v) is 10.5. The molecule has 0 fully saturated rings. The molecule has 31 heavy (non-hydrogen) atoms. The van der Waals surface area contributed by atoms with Gasteiger partial charge in [0.1, 0.15) is 11.6 Å². The average Bonchev–Trinajstić information content (AvgIpc) is 2.78. The Morgan fingerprint density at radius 2 is 1.97 bits per heavy atom. The monoisotopic (exact) mass is 414 g/mol. The third-order valence-corrected chi connectivity index (χ3v) is 5.83. The highest BCUT2D eigenvalue weighted by molar-refractivity contribution is 5.95. The van der Waals surface area contributed by atoms with E-state index in [1.165, 1.54) is 11.6 Å². The van der Waals surface area contributed by atoms with Crippen molar-refractivity contribution in [2.45, 2.75) is 33.2 Å². The van der Waals surface area contributed by atoms with Crippen LogP contribution in [0.25, 0.3) is 16.7 Å². The number of fused-ring (bicyclic) bond motifs is 1. The van der Waals surface area contributed by atoms with Crippen LogP contribution in [0.2, 0.25) is 0 Å². The summed E-state index contributed by atoms with van der Waals surface area (Å²) in [4.78, 5) is 4.28. The summed E-state index contributed by atoms with van der Waals surface area (Å²) in [6, 6.07) is 13.3. The van der Waals surface area contributed by atoms with E-state index in [-0.39, 0.29) is 11.9 Å². The molecule has 0 radical (unpaired) electrons. The number of rotatable bonds is 4. The van der Waals surface area contributed by atoms with Crippen molar-refractivity contribution in [2.75, 3.05) is 12.4 Å². The maximum atomic E-state index is 14.1. The smallest absolute Gasteiger partial charge is 0.143 e. The van der Waals surface area contributed by atoms with Crippen LogP contribution in [0, 0.1) is 5.82 Å². The second kappa shape index (κ2) is 8.38. The molecule has 1 aliphatic heterocycles. The van der Waals surface area contributed by atoms with E-state index < -0.39 is 0 Å². The third kappa shape index (κ3) is 3.74. The molecule has 4 heteroatoms. The molecule has 1 N–H and O–H groups in total. The lowest BCUT2D eigenvalue weighted by molar-refractivity contribution is 0.416. The van der Waals surface area contributed by atoms with Crippen LogP contribution in [-0.4, -0.2) is 12.1 Å². The van der Waals surface area contributed by atoms with Crippen molar-refractivity contribution in [3.8, 4) is 16.9 Å². The largest absolute Gasteiger partial charge is 0.495 e. The molecule has 1 aromatic heterocycles. The van der Waals surface area contributed by atoms with Gasteiger partial charge in [-0.3, -0.25) is 4.98 Å². The molecule has 4 rings (SSSR count). The number of methoxy groups -OCH3 is 1. The molecule has 1 atom stereocenters. The van der Waals surface area contributed by atoms with Crippen molar-refractivity contribution in [1.82, 2.24) is 4.98 Å². The lowest BCUT2D eigenvalue weighted by Gasteiger charge is -2.34. The molecule has 0 aliphatic carbocycles. The highest BCUT2D eigenvalue weighted by Gasteiger charge is 2.30. The zero-order valence-electron chi connectivity index (χ0n) is 18.4. The molecule has 2 heterocycles. The lowest BCUT2D eigenvalue weighted by Crippen LogP contribution is -2.21. The summed E-state index contributed by atoms with van der Waals surface area (Å²) in [5, 5.41) is 3.62. The Hall–Kier alpha value is -3.40. The predicted molar refractivity (Wildman–Crippen MR) is 126 cm³/mol. The van der Waals surface area contributed by atoms with E-state index in [4.69, 9.17) is 4.74 Å². The van der Waals surface area contributed by atoms with E-state index in [0.717, 1.165) is 44.8 Å².